The van der Waals surface area contributed by atoms with E-state index in [2.05, 4.69) is 4.72 Å². The number of unbranched alkanes of at least 4 members (excludes halogenated alkanes) is 1. The van der Waals surface area contributed by atoms with E-state index in [9.17, 15) is 21.6 Å². The van der Waals surface area contributed by atoms with Gasteiger partial charge in [0.15, 0.2) is 0 Å². The predicted octanol–water partition coefficient (Wildman–Crippen LogP) is 2.38. The molecule has 0 spiro atoms. The van der Waals surface area contributed by atoms with Crippen molar-refractivity contribution in [2.75, 3.05) is 13.1 Å². The van der Waals surface area contributed by atoms with Crippen molar-refractivity contribution in [3.05, 3.63) is 28.8 Å². The summed E-state index contributed by atoms with van der Waals surface area (Å²) in [7, 11) is -4.08. The van der Waals surface area contributed by atoms with Crippen LogP contribution >= 0.6 is 11.6 Å². The van der Waals surface area contributed by atoms with E-state index in [1.54, 1.807) is 0 Å². The second-order valence-electron chi connectivity index (χ2n) is 4.04. The van der Waals surface area contributed by atoms with Crippen LogP contribution < -0.4 is 10.5 Å². The van der Waals surface area contributed by atoms with Gasteiger partial charge in [-0.15, -0.1) is 0 Å². The molecule has 0 amide bonds. The van der Waals surface area contributed by atoms with Crippen LogP contribution in [0.4, 0.5) is 13.2 Å². The van der Waals surface area contributed by atoms with Crippen LogP contribution in [-0.4, -0.2) is 21.5 Å². The lowest BCUT2D eigenvalue weighted by molar-refractivity contribution is -0.137. The third-order valence-electron chi connectivity index (χ3n) is 2.47. The van der Waals surface area contributed by atoms with Gasteiger partial charge in [0.25, 0.3) is 0 Å². The number of nitrogens with one attached hydrogen (secondary N) is 1. The Bertz CT molecular complexity index is 561. The molecule has 0 fully saturated rings. The first-order valence-electron chi connectivity index (χ1n) is 5.75. The van der Waals surface area contributed by atoms with Crippen LogP contribution in [0.25, 0.3) is 0 Å². The van der Waals surface area contributed by atoms with E-state index < -0.39 is 26.7 Å². The van der Waals surface area contributed by atoms with Crippen molar-refractivity contribution >= 4 is 21.6 Å². The van der Waals surface area contributed by atoms with Crippen LogP contribution in [0.1, 0.15) is 18.4 Å². The summed E-state index contributed by atoms with van der Waals surface area (Å²) < 4.78 is 63.7. The maximum absolute atomic E-state index is 12.6. The minimum Gasteiger partial charge on any atom is -0.330 e. The van der Waals surface area contributed by atoms with Gasteiger partial charge >= 0.3 is 6.18 Å². The largest absolute Gasteiger partial charge is 0.416 e. The van der Waals surface area contributed by atoms with E-state index in [0.29, 0.717) is 25.5 Å². The number of hydrogen-bond acceptors (Lipinski definition) is 3. The zero-order valence-corrected chi connectivity index (χ0v) is 11.9. The molecular weight excluding hydrogens is 317 g/mol. The summed E-state index contributed by atoms with van der Waals surface area (Å²) in [5.74, 6) is 0. The number of rotatable bonds is 6. The van der Waals surface area contributed by atoms with E-state index in [1.165, 1.54) is 0 Å². The number of halogens is 4. The van der Waals surface area contributed by atoms with E-state index in [1.807, 2.05) is 0 Å². The van der Waals surface area contributed by atoms with Gasteiger partial charge in [-0.25, -0.2) is 13.1 Å². The second kappa shape index (κ2) is 6.75. The molecule has 0 saturated carbocycles. The van der Waals surface area contributed by atoms with Gasteiger partial charge in [-0.3, -0.25) is 0 Å². The lowest BCUT2D eigenvalue weighted by atomic mass is 10.2. The maximum Gasteiger partial charge on any atom is 0.416 e. The Hall–Kier alpha value is -0.830. The van der Waals surface area contributed by atoms with Gasteiger partial charge in [0, 0.05) is 6.54 Å². The quantitative estimate of drug-likeness (QED) is 0.787. The number of sulfonamides is 1. The fourth-order valence-corrected chi connectivity index (χ4v) is 3.04. The van der Waals surface area contributed by atoms with E-state index in [0.717, 1.165) is 12.1 Å². The average Bonchev–Trinajstić information content (AvgIpc) is 2.33. The minimum atomic E-state index is -4.63. The number of alkyl halides is 3. The summed E-state index contributed by atoms with van der Waals surface area (Å²) >= 11 is 5.66. The molecule has 1 aromatic rings. The SMILES string of the molecule is NCCCCNS(=O)(=O)c1cc(C(F)(F)F)ccc1Cl. The Balaban J connectivity index is 2.99. The van der Waals surface area contributed by atoms with Gasteiger partial charge < -0.3 is 5.73 Å². The topological polar surface area (TPSA) is 72.2 Å². The molecule has 1 rings (SSSR count). The molecule has 0 bridgehead atoms. The number of nitrogens with two attached hydrogens (primary N) is 1. The molecule has 0 aliphatic heterocycles. The number of hydrogen-bond donors (Lipinski definition) is 2. The van der Waals surface area contributed by atoms with Crippen molar-refractivity contribution in [3.8, 4) is 0 Å². The summed E-state index contributed by atoms with van der Waals surface area (Å²) in [4.78, 5) is -0.582. The molecule has 0 saturated heterocycles. The first-order valence-corrected chi connectivity index (χ1v) is 7.61. The van der Waals surface area contributed by atoms with Crippen LogP contribution in [-0.2, 0) is 16.2 Å². The lowest BCUT2D eigenvalue weighted by Crippen LogP contribution is -2.26. The molecule has 114 valence electrons. The Morgan fingerprint density at radius 3 is 2.45 bits per heavy atom. The highest BCUT2D eigenvalue weighted by Gasteiger charge is 2.32. The van der Waals surface area contributed by atoms with E-state index in [-0.39, 0.29) is 11.6 Å². The van der Waals surface area contributed by atoms with Gasteiger partial charge in [0.1, 0.15) is 4.90 Å². The van der Waals surface area contributed by atoms with E-state index in [4.69, 9.17) is 17.3 Å². The van der Waals surface area contributed by atoms with Gasteiger partial charge in [0.05, 0.1) is 10.6 Å². The molecule has 20 heavy (non-hydrogen) atoms. The van der Waals surface area contributed by atoms with Gasteiger partial charge in [-0.05, 0) is 37.6 Å². The molecule has 9 heteroatoms. The summed E-state index contributed by atoms with van der Waals surface area (Å²) in [6.07, 6.45) is -3.53. The predicted molar refractivity (Wildman–Crippen MR) is 69.9 cm³/mol. The molecule has 0 radical (unpaired) electrons. The van der Waals surface area contributed by atoms with Crippen LogP contribution in [0.5, 0.6) is 0 Å². The van der Waals surface area contributed by atoms with Gasteiger partial charge in [-0.1, -0.05) is 11.6 Å². The Morgan fingerprint density at radius 2 is 1.90 bits per heavy atom. The fraction of sp³-hybridized carbons (Fsp3) is 0.455. The monoisotopic (exact) mass is 330 g/mol. The Morgan fingerprint density at radius 1 is 1.25 bits per heavy atom. The van der Waals surface area contributed by atoms with Crippen LogP contribution in [0.2, 0.25) is 5.02 Å². The van der Waals surface area contributed by atoms with Gasteiger partial charge in [-0.2, -0.15) is 13.2 Å². The Labute approximate surface area is 120 Å². The first-order chi connectivity index (χ1) is 9.18. The van der Waals surface area contributed by atoms with Crippen LogP contribution in [0, 0.1) is 0 Å². The molecule has 0 aliphatic rings. The average molecular weight is 331 g/mol. The standard InChI is InChI=1S/C11H14ClF3N2O2S/c12-9-4-3-8(11(13,14)15)7-10(9)20(18,19)17-6-2-1-5-16/h3-4,7,17H,1-2,5-6,16H2. The molecule has 0 heterocycles. The fourth-order valence-electron chi connectivity index (χ4n) is 1.44. The van der Waals surface area contributed by atoms with Crippen LogP contribution in [0.3, 0.4) is 0 Å². The normalized spacial score (nSPS) is 12.7. The highest BCUT2D eigenvalue weighted by molar-refractivity contribution is 7.89. The first kappa shape index (κ1) is 17.2. The maximum atomic E-state index is 12.6. The third-order valence-corrected chi connectivity index (χ3v) is 4.41. The molecule has 1 aromatic carbocycles. The second-order valence-corrected chi connectivity index (χ2v) is 6.18. The van der Waals surface area contributed by atoms with Crippen molar-refractivity contribution in [2.24, 2.45) is 5.73 Å². The van der Waals surface area contributed by atoms with Crippen molar-refractivity contribution in [1.29, 1.82) is 0 Å². The number of benzene rings is 1. The summed E-state index contributed by atoms with van der Waals surface area (Å²) in [6, 6.07) is 2.17. The highest BCUT2D eigenvalue weighted by atomic mass is 35.5. The van der Waals surface area contributed by atoms with Crippen molar-refractivity contribution in [3.63, 3.8) is 0 Å². The van der Waals surface area contributed by atoms with Crippen molar-refractivity contribution < 1.29 is 21.6 Å². The van der Waals surface area contributed by atoms with Gasteiger partial charge in [0.2, 0.25) is 10.0 Å². The zero-order valence-electron chi connectivity index (χ0n) is 10.4. The molecule has 4 nitrogen and oxygen atoms in total. The molecule has 0 atom stereocenters. The minimum absolute atomic E-state index is 0.0894. The summed E-state index contributed by atoms with van der Waals surface area (Å²) in [5.41, 5.74) is 4.19. The lowest BCUT2D eigenvalue weighted by Gasteiger charge is -2.11. The molecular formula is C11H14ClF3N2O2S. The van der Waals surface area contributed by atoms with Crippen molar-refractivity contribution in [2.45, 2.75) is 23.9 Å². The summed E-state index contributed by atoms with van der Waals surface area (Å²) in [6.45, 7) is 0.498. The summed E-state index contributed by atoms with van der Waals surface area (Å²) in [5, 5.41) is -0.260. The zero-order chi connectivity index (χ0) is 15.4. The van der Waals surface area contributed by atoms with Crippen molar-refractivity contribution in [1.82, 2.24) is 4.72 Å². The smallest absolute Gasteiger partial charge is 0.330 e. The molecule has 0 aromatic heterocycles. The molecule has 3 N–H and O–H groups in total. The third kappa shape index (κ3) is 4.62. The molecule has 0 aliphatic carbocycles. The Kier molecular flexibility index (Phi) is 5.81. The van der Waals surface area contributed by atoms with Crippen LogP contribution in [0.15, 0.2) is 23.1 Å². The highest BCUT2D eigenvalue weighted by Crippen LogP contribution is 2.33. The van der Waals surface area contributed by atoms with E-state index >= 15 is 0 Å². The molecule has 0 unspecified atom stereocenters.